The highest BCUT2D eigenvalue weighted by atomic mass is 16.7. The average Bonchev–Trinajstić information content (AvgIpc) is 2.94. The molecule has 1 saturated carbocycles. The zero-order chi connectivity index (χ0) is 11.7. The van der Waals surface area contributed by atoms with Gasteiger partial charge in [0.25, 0.3) is 0 Å². The Morgan fingerprint density at radius 3 is 2.94 bits per heavy atom. The second kappa shape index (κ2) is 4.84. The molecule has 1 unspecified atom stereocenters. The fourth-order valence-electron chi connectivity index (χ4n) is 3.30. The molecule has 4 heteroatoms. The summed E-state index contributed by atoms with van der Waals surface area (Å²) in [5.74, 6) is -0.193. The lowest BCUT2D eigenvalue weighted by Crippen LogP contribution is -2.52. The van der Waals surface area contributed by atoms with Crippen LogP contribution in [0, 0.1) is 0 Å². The van der Waals surface area contributed by atoms with Gasteiger partial charge in [0.05, 0.1) is 12.7 Å². The lowest BCUT2D eigenvalue weighted by molar-refractivity contribution is -0.164. The van der Waals surface area contributed by atoms with Crippen molar-refractivity contribution in [2.24, 2.45) is 0 Å². The summed E-state index contributed by atoms with van der Waals surface area (Å²) in [6.07, 6.45) is 5.00. The maximum Gasteiger partial charge on any atom is 0.168 e. The molecule has 2 saturated heterocycles. The number of rotatable bonds is 2. The van der Waals surface area contributed by atoms with Crippen LogP contribution in [0.3, 0.4) is 0 Å². The third kappa shape index (κ3) is 2.50. The lowest BCUT2D eigenvalue weighted by atomic mass is 10.2. The van der Waals surface area contributed by atoms with Crippen molar-refractivity contribution in [1.29, 1.82) is 0 Å². The molecular formula is C13H24N2O2. The Morgan fingerprint density at radius 2 is 2.18 bits per heavy atom. The highest BCUT2D eigenvalue weighted by Crippen LogP contribution is 2.39. The minimum atomic E-state index is -0.193. The molecular weight excluding hydrogens is 216 g/mol. The zero-order valence-corrected chi connectivity index (χ0v) is 10.8. The molecule has 2 atom stereocenters. The third-order valence-electron chi connectivity index (χ3n) is 4.36. The highest BCUT2D eigenvalue weighted by Gasteiger charge is 2.44. The van der Waals surface area contributed by atoms with Gasteiger partial charge in [-0.2, -0.15) is 0 Å². The summed E-state index contributed by atoms with van der Waals surface area (Å²) in [6, 6.07) is 0.618. The molecule has 98 valence electrons. The van der Waals surface area contributed by atoms with Crippen LogP contribution in [0.5, 0.6) is 0 Å². The smallest absolute Gasteiger partial charge is 0.168 e. The van der Waals surface area contributed by atoms with Gasteiger partial charge in [-0.25, -0.2) is 0 Å². The summed E-state index contributed by atoms with van der Waals surface area (Å²) < 4.78 is 12.1. The summed E-state index contributed by atoms with van der Waals surface area (Å²) in [7, 11) is 0. The molecule has 0 aromatic heterocycles. The van der Waals surface area contributed by atoms with Gasteiger partial charge >= 0.3 is 0 Å². The van der Waals surface area contributed by atoms with Crippen molar-refractivity contribution >= 4 is 0 Å². The molecule has 1 spiro atoms. The lowest BCUT2D eigenvalue weighted by Gasteiger charge is -2.35. The van der Waals surface area contributed by atoms with E-state index in [4.69, 9.17) is 9.47 Å². The molecule has 0 bridgehead atoms. The number of nitrogens with zero attached hydrogens (tertiary/aromatic N) is 1. The number of hydrogen-bond donors (Lipinski definition) is 1. The first-order valence-corrected chi connectivity index (χ1v) is 7.04. The molecule has 3 fully saturated rings. The van der Waals surface area contributed by atoms with Crippen molar-refractivity contribution in [3.63, 3.8) is 0 Å². The van der Waals surface area contributed by atoms with E-state index in [0.717, 1.165) is 45.6 Å². The van der Waals surface area contributed by atoms with Gasteiger partial charge in [-0.3, -0.25) is 4.90 Å². The van der Waals surface area contributed by atoms with Gasteiger partial charge in [0.2, 0.25) is 0 Å². The van der Waals surface area contributed by atoms with E-state index in [1.54, 1.807) is 0 Å². The van der Waals surface area contributed by atoms with Gasteiger partial charge in [0, 0.05) is 45.1 Å². The Morgan fingerprint density at radius 1 is 1.35 bits per heavy atom. The van der Waals surface area contributed by atoms with Crippen LogP contribution in [0.2, 0.25) is 0 Å². The fourth-order valence-corrected chi connectivity index (χ4v) is 3.30. The average molecular weight is 240 g/mol. The first kappa shape index (κ1) is 11.9. The van der Waals surface area contributed by atoms with E-state index in [9.17, 15) is 0 Å². The van der Waals surface area contributed by atoms with Crippen LogP contribution in [-0.4, -0.2) is 55.6 Å². The van der Waals surface area contributed by atoms with Crippen LogP contribution in [0.1, 0.15) is 32.6 Å². The van der Waals surface area contributed by atoms with Crippen LogP contribution in [0.15, 0.2) is 0 Å². The van der Waals surface area contributed by atoms with Crippen LogP contribution in [0.4, 0.5) is 0 Å². The first-order chi connectivity index (χ1) is 8.27. The second-order valence-electron chi connectivity index (χ2n) is 5.72. The van der Waals surface area contributed by atoms with Crippen molar-refractivity contribution in [3.8, 4) is 0 Å². The topological polar surface area (TPSA) is 33.7 Å². The standard InChI is InChI=1S/C13H24N2O2/c1-11-8-14-6-7-15(11)9-12-10-16-13(17-12)4-2-3-5-13/h11-12,14H,2-10H2,1H3/t11-,12?/m1/s1. The summed E-state index contributed by atoms with van der Waals surface area (Å²) >= 11 is 0. The largest absolute Gasteiger partial charge is 0.347 e. The number of hydrogen-bond acceptors (Lipinski definition) is 4. The van der Waals surface area contributed by atoms with E-state index < -0.39 is 0 Å². The summed E-state index contributed by atoms with van der Waals surface area (Å²) in [4.78, 5) is 2.53. The monoisotopic (exact) mass is 240 g/mol. The molecule has 3 aliphatic rings. The Hall–Kier alpha value is -0.160. The predicted octanol–water partition coefficient (Wildman–Crippen LogP) is 0.966. The van der Waals surface area contributed by atoms with Crippen LogP contribution in [-0.2, 0) is 9.47 Å². The number of nitrogens with one attached hydrogen (secondary N) is 1. The number of ether oxygens (including phenoxy) is 2. The van der Waals surface area contributed by atoms with Gasteiger partial charge in [-0.15, -0.1) is 0 Å². The van der Waals surface area contributed by atoms with Crippen molar-refractivity contribution in [1.82, 2.24) is 10.2 Å². The van der Waals surface area contributed by atoms with Gasteiger partial charge in [-0.05, 0) is 19.8 Å². The molecule has 0 aromatic rings. The third-order valence-corrected chi connectivity index (χ3v) is 4.36. The highest BCUT2D eigenvalue weighted by molar-refractivity contribution is 4.86. The Kier molecular flexibility index (Phi) is 3.39. The van der Waals surface area contributed by atoms with E-state index >= 15 is 0 Å². The normalized spacial score (nSPS) is 37.9. The van der Waals surface area contributed by atoms with Crippen LogP contribution in [0.25, 0.3) is 0 Å². The molecule has 0 aromatic carbocycles. The van der Waals surface area contributed by atoms with Crippen molar-refractivity contribution < 1.29 is 9.47 Å². The molecule has 0 amide bonds. The van der Waals surface area contributed by atoms with Crippen molar-refractivity contribution in [3.05, 3.63) is 0 Å². The van der Waals surface area contributed by atoms with Gasteiger partial charge < -0.3 is 14.8 Å². The Balaban J connectivity index is 1.52. The number of piperazine rings is 1. The molecule has 17 heavy (non-hydrogen) atoms. The summed E-state index contributed by atoms with van der Waals surface area (Å²) in [5, 5.41) is 3.42. The maximum absolute atomic E-state index is 6.18. The fraction of sp³-hybridized carbons (Fsp3) is 1.00. The van der Waals surface area contributed by atoms with Crippen molar-refractivity contribution in [2.75, 3.05) is 32.8 Å². The Labute approximate surface area is 104 Å². The van der Waals surface area contributed by atoms with Gasteiger partial charge in [-0.1, -0.05) is 0 Å². The maximum atomic E-state index is 6.18. The minimum Gasteiger partial charge on any atom is -0.347 e. The zero-order valence-electron chi connectivity index (χ0n) is 10.8. The quantitative estimate of drug-likeness (QED) is 0.780. The molecule has 3 rings (SSSR count). The van der Waals surface area contributed by atoms with E-state index in [1.165, 1.54) is 12.8 Å². The SMILES string of the molecule is C[C@@H]1CNCCN1CC1COC2(CCCC2)O1. The van der Waals surface area contributed by atoms with E-state index in [-0.39, 0.29) is 11.9 Å². The summed E-state index contributed by atoms with van der Waals surface area (Å²) in [6.45, 7) is 7.43. The first-order valence-electron chi connectivity index (χ1n) is 7.04. The summed E-state index contributed by atoms with van der Waals surface area (Å²) in [5.41, 5.74) is 0. The second-order valence-corrected chi connectivity index (χ2v) is 5.72. The van der Waals surface area contributed by atoms with E-state index in [1.807, 2.05) is 0 Å². The molecule has 1 aliphatic carbocycles. The molecule has 4 nitrogen and oxygen atoms in total. The predicted molar refractivity (Wildman–Crippen MR) is 65.9 cm³/mol. The van der Waals surface area contributed by atoms with E-state index in [2.05, 4.69) is 17.1 Å². The van der Waals surface area contributed by atoms with Gasteiger partial charge in [0.1, 0.15) is 0 Å². The molecule has 2 heterocycles. The molecule has 1 N–H and O–H groups in total. The van der Waals surface area contributed by atoms with Crippen LogP contribution >= 0.6 is 0 Å². The van der Waals surface area contributed by atoms with Crippen molar-refractivity contribution in [2.45, 2.75) is 50.5 Å². The Bertz CT molecular complexity index is 266. The molecule has 0 radical (unpaired) electrons. The van der Waals surface area contributed by atoms with Crippen LogP contribution < -0.4 is 5.32 Å². The minimum absolute atomic E-state index is 0.193. The van der Waals surface area contributed by atoms with E-state index in [0.29, 0.717) is 6.04 Å². The van der Waals surface area contributed by atoms with Gasteiger partial charge in [0.15, 0.2) is 5.79 Å². The molecule has 2 aliphatic heterocycles.